The zero-order valence-electron chi connectivity index (χ0n) is 9.59. The van der Waals surface area contributed by atoms with E-state index in [1.54, 1.807) is 6.92 Å². The quantitative estimate of drug-likeness (QED) is 0.781. The van der Waals surface area contributed by atoms with Crippen LogP contribution >= 0.6 is 0 Å². The van der Waals surface area contributed by atoms with Crippen molar-refractivity contribution in [3.05, 3.63) is 18.0 Å². The van der Waals surface area contributed by atoms with Crippen LogP contribution in [0.2, 0.25) is 0 Å². The van der Waals surface area contributed by atoms with E-state index in [2.05, 4.69) is 9.84 Å². The first-order chi connectivity index (χ1) is 8.47. The first-order valence-corrected chi connectivity index (χ1v) is 5.26. The molecule has 0 aliphatic carbocycles. The van der Waals surface area contributed by atoms with Gasteiger partial charge in [0.25, 0.3) is 6.43 Å². The van der Waals surface area contributed by atoms with Gasteiger partial charge in [0.1, 0.15) is 11.8 Å². The van der Waals surface area contributed by atoms with E-state index >= 15 is 0 Å². The van der Waals surface area contributed by atoms with Crippen molar-refractivity contribution in [3.8, 4) is 0 Å². The Hall–Kier alpha value is -1.57. The first-order valence-electron chi connectivity index (χ1n) is 5.26. The number of aliphatic hydroxyl groups is 1. The van der Waals surface area contributed by atoms with E-state index < -0.39 is 31.2 Å². The first kappa shape index (κ1) is 14.5. The van der Waals surface area contributed by atoms with Gasteiger partial charge in [0.2, 0.25) is 0 Å². The number of aliphatic hydroxyl groups excluding tert-OH is 1. The maximum absolute atomic E-state index is 13.3. The van der Waals surface area contributed by atoms with Crippen LogP contribution in [-0.2, 0) is 11.3 Å². The Kier molecular flexibility index (Phi) is 5.14. The molecule has 1 rings (SSSR count). The SMILES string of the molecule is CCOC(=O)c1ccnn1CC(F)C(O)C(F)F. The van der Waals surface area contributed by atoms with E-state index in [1.807, 2.05) is 0 Å². The molecule has 5 nitrogen and oxygen atoms in total. The minimum absolute atomic E-state index is 0.0547. The minimum Gasteiger partial charge on any atom is -0.461 e. The topological polar surface area (TPSA) is 64.3 Å². The van der Waals surface area contributed by atoms with E-state index in [-0.39, 0.29) is 12.3 Å². The highest BCUT2D eigenvalue weighted by Crippen LogP contribution is 2.12. The molecule has 0 spiro atoms. The Morgan fingerprint density at radius 1 is 1.56 bits per heavy atom. The van der Waals surface area contributed by atoms with Crippen molar-refractivity contribution in [3.63, 3.8) is 0 Å². The van der Waals surface area contributed by atoms with E-state index in [4.69, 9.17) is 5.11 Å². The summed E-state index contributed by atoms with van der Waals surface area (Å²) in [6.45, 7) is 1.08. The number of ether oxygens (including phenoxy) is 1. The van der Waals surface area contributed by atoms with Crippen molar-refractivity contribution in [2.24, 2.45) is 0 Å². The molecule has 0 fully saturated rings. The third-order valence-electron chi connectivity index (χ3n) is 2.18. The van der Waals surface area contributed by atoms with E-state index in [0.717, 1.165) is 4.68 Å². The highest BCUT2D eigenvalue weighted by atomic mass is 19.3. The Labute approximate surface area is 101 Å². The lowest BCUT2D eigenvalue weighted by atomic mass is 10.2. The van der Waals surface area contributed by atoms with Crippen LogP contribution in [0.25, 0.3) is 0 Å². The molecule has 0 radical (unpaired) electrons. The third-order valence-corrected chi connectivity index (χ3v) is 2.18. The molecule has 1 heterocycles. The van der Waals surface area contributed by atoms with Crippen molar-refractivity contribution in [1.82, 2.24) is 9.78 Å². The Bertz CT molecular complexity index is 397. The van der Waals surface area contributed by atoms with Gasteiger partial charge >= 0.3 is 5.97 Å². The lowest BCUT2D eigenvalue weighted by molar-refractivity contribution is -0.0534. The number of rotatable bonds is 6. The van der Waals surface area contributed by atoms with E-state index in [1.165, 1.54) is 12.3 Å². The number of nitrogens with zero attached hydrogens (tertiary/aromatic N) is 2. The summed E-state index contributed by atoms with van der Waals surface area (Å²) in [4.78, 5) is 11.4. The molecule has 2 unspecified atom stereocenters. The summed E-state index contributed by atoms with van der Waals surface area (Å²) >= 11 is 0. The molecule has 1 aromatic heterocycles. The fourth-order valence-electron chi connectivity index (χ4n) is 1.29. The predicted octanol–water partition coefficient (Wildman–Crippen LogP) is 1.02. The highest BCUT2D eigenvalue weighted by molar-refractivity contribution is 5.87. The number of esters is 1. The monoisotopic (exact) mass is 266 g/mol. The zero-order chi connectivity index (χ0) is 13.7. The standard InChI is InChI=1S/C10H13F3N2O3/c1-2-18-10(17)7-3-4-14-15(7)5-6(11)8(16)9(12)13/h3-4,6,8-9,16H,2,5H2,1H3. The molecule has 1 aromatic rings. The number of halogens is 3. The van der Waals surface area contributed by atoms with Gasteiger partial charge in [0.05, 0.1) is 13.2 Å². The summed E-state index contributed by atoms with van der Waals surface area (Å²) in [5, 5.41) is 12.5. The van der Waals surface area contributed by atoms with E-state index in [0.29, 0.717) is 0 Å². The maximum atomic E-state index is 13.3. The molecule has 2 atom stereocenters. The summed E-state index contributed by atoms with van der Waals surface area (Å²) in [6, 6.07) is 1.28. The number of hydrogen-bond acceptors (Lipinski definition) is 4. The summed E-state index contributed by atoms with van der Waals surface area (Å²) in [5.41, 5.74) is -0.0547. The van der Waals surface area contributed by atoms with E-state index in [9.17, 15) is 18.0 Å². The molecule has 1 N–H and O–H groups in total. The van der Waals surface area contributed by atoms with Gasteiger partial charge in [0, 0.05) is 6.20 Å². The van der Waals surface area contributed by atoms with Crippen molar-refractivity contribution in [2.45, 2.75) is 32.2 Å². The number of carbonyl (C=O) groups excluding carboxylic acids is 1. The molecule has 0 aliphatic rings. The lowest BCUT2D eigenvalue weighted by Gasteiger charge is -2.15. The molecule has 8 heteroatoms. The normalized spacial score (nSPS) is 14.6. The van der Waals surface area contributed by atoms with Crippen LogP contribution in [0, 0.1) is 0 Å². The Balaban J connectivity index is 2.73. The highest BCUT2D eigenvalue weighted by Gasteiger charge is 2.29. The summed E-state index contributed by atoms with van der Waals surface area (Å²) in [6.07, 6.45) is -6.61. The summed E-state index contributed by atoms with van der Waals surface area (Å²) < 4.78 is 43.0. The summed E-state index contributed by atoms with van der Waals surface area (Å²) in [5.74, 6) is -0.728. The average Bonchev–Trinajstić information content (AvgIpc) is 2.76. The molecular formula is C10H13F3N2O3. The third kappa shape index (κ3) is 3.46. The molecule has 0 aliphatic heterocycles. The maximum Gasteiger partial charge on any atom is 0.356 e. The Morgan fingerprint density at radius 2 is 2.22 bits per heavy atom. The van der Waals surface area contributed by atoms with Gasteiger partial charge in [-0.15, -0.1) is 0 Å². The predicted molar refractivity (Wildman–Crippen MR) is 55.1 cm³/mol. The molecule has 0 saturated carbocycles. The lowest BCUT2D eigenvalue weighted by Crippen LogP contribution is -2.33. The molecule has 102 valence electrons. The smallest absolute Gasteiger partial charge is 0.356 e. The minimum atomic E-state index is -3.19. The largest absolute Gasteiger partial charge is 0.461 e. The van der Waals surface area contributed by atoms with Crippen LogP contribution in [0.5, 0.6) is 0 Å². The molecular weight excluding hydrogens is 253 g/mol. The summed E-state index contributed by atoms with van der Waals surface area (Å²) in [7, 11) is 0. The van der Waals surface area contributed by atoms with Gasteiger partial charge in [-0.25, -0.2) is 18.0 Å². The van der Waals surface area contributed by atoms with Crippen molar-refractivity contribution in [1.29, 1.82) is 0 Å². The molecule has 0 amide bonds. The zero-order valence-corrected chi connectivity index (χ0v) is 9.59. The van der Waals surface area contributed by atoms with Gasteiger partial charge in [-0.3, -0.25) is 4.68 Å². The molecule has 0 bridgehead atoms. The van der Waals surface area contributed by atoms with Crippen molar-refractivity contribution >= 4 is 5.97 Å². The van der Waals surface area contributed by atoms with Crippen LogP contribution in [-0.4, -0.2) is 46.2 Å². The van der Waals surface area contributed by atoms with Gasteiger partial charge in [-0.1, -0.05) is 0 Å². The van der Waals surface area contributed by atoms with Crippen LogP contribution in [0.15, 0.2) is 12.3 Å². The molecule has 0 saturated heterocycles. The average molecular weight is 266 g/mol. The van der Waals surface area contributed by atoms with Crippen LogP contribution in [0.1, 0.15) is 17.4 Å². The second-order valence-electron chi connectivity index (χ2n) is 3.46. The van der Waals surface area contributed by atoms with Gasteiger partial charge in [0.15, 0.2) is 6.17 Å². The number of alkyl halides is 3. The second-order valence-corrected chi connectivity index (χ2v) is 3.46. The number of carbonyl (C=O) groups is 1. The number of hydrogen-bond donors (Lipinski definition) is 1. The van der Waals surface area contributed by atoms with Gasteiger partial charge in [-0.05, 0) is 13.0 Å². The number of aromatic nitrogens is 2. The van der Waals surface area contributed by atoms with Crippen molar-refractivity contribution in [2.75, 3.05) is 6.61 Å². The fraction of sp³-hybridized carbons (Fsp3) is 0.600. The van der Waals surface area contributed by atoms with Gasteiger partial charge < -0.3 is 9.84 Å². The van der Waals surface area contributed by atoms with Crippen molar-refractivity contribution < 1.29 is 27.8 Å². The van der Waals surface area contributed by atoms with Crippen LogP contribution < -0.4 is 0 Å². The fourth-order valence-corrected chi connectivity index (χ4v) is 1.29. The molecule has 18 heavy (non-hydrogen) atoms. The van der Waals surface area contributed by atoms with Gasteiger partial charge in [-0.2, -0.15) is 5.10 Å². The molecule has 0 aromatic carbocycles. The Morgan fingerprint density at radius 3 is 2.78 bits per heavy atom. The van der Waals surface area contributed by atoms with Crippen LogP contribution in [0.3, 0.4) is 0 Å². The van der Waals surface area contributed by atoms with Crippen LogP contribution in [0.4, 0.5) is 13.2 Å². The second kappa shape index (κ2) is 6.39.